The van der Waals surface area contributed by atoms with Crippen molar-refractivity contribution >= 4 is 11.9 Å². The van der Waals surface area contributed by atoms with Gasteiger partial charge in [-0.2, -0.15) is 0 Å². The number of hydrogen-bond donors (Lipinski definition) is 2. The molecule has 0 radical (unpaired) electrons. The number of hydrogen-bond acceptors (Lipinski definition) is 4. The summed E-state index contributed by atoms with van der Waals surface area (Å²) in [4.78, 5) is 19.0. The second-order valence-electron chi connectivity index (χ2n) is 5.57. The van der Waals surface area contributed by atoms with Gasteiger partial charge in [0.1, 0.15) is 5.82 Å². The zero-order valence-corrected chi connectivity index (χ0v) is 11.5. The Morgan fingerprint density at radius 2 is 2.05 bits per heavy atom. The van der Waals surface area contributed by atoms with Gasteiger partial charge in [0, 0.05) is 38.4 Å². The third-order valence-electron chi connectivity index (χ3n) is 4.21. The highest BCUT2D eigenvalue weighted by Crippen LogP contribution is 2.24. The Labute approximate surface area is 118 Å². The first-order valence-electron chi connectivity index (χ1n) is 7.09. The standard InChI is InChI=1S/C14H20N4O2/c15-12-2-1-10-8-13(16-9-11(10)7-12)17-3-5-18(6-4-17)14(19)20/h8-9,12H,1-7,15H2,(H,19,20). The number of aromatic nitrogens is 1. The van der Waals surface area contributed by atoms with E-state index in [1.165, 1.54) is 16.0 Å². The first kappa shape index (κ1) is 13.2. The fourth-order valence-electron chi connectivity index (χ4n) is 2.95. The molecule has 1 aliphatic heterocycles. The van der Waals surface area contributed by atoms with Crippen LogP contribution in [0.15, 0.2) is 12.3 Å². The van der Waals surface area contributed by atoms with E-state index in [0.717, 1.165) is 25.1 Å². The lowest BCUT2D eigenvalue weighted by Crippen LogP contribution is -2.48. The molecule has 0 aromatic carbocycles. The third-order valence-corrected chi connectivity index (χ3v) is 4.21. The van der Waals surface area contributed by atoms with Gasteiger partial charge < -0.3 is 20.6 Å². The number of fused-ring (bicyclic) bond motifs is 1. The van der Waals surface area contributed by atoms with Gasteiger partial charge in [-0.15, -0.1) is 0 Å². The van der Waals surface area contributed by atoms with Crippen molar-refractivity contribution in [2.24, 2.45) is 5.73 Å². The number of aryl methyl sites for hydroxylation is 1. The first-order chi connectivity index (χ1) is 9.63. The van der Waals surface area contributed by atoms with E-state index in [9.17, 15) is 4.79 Å². The molecule has 1 fully saturated rings. The van der Waals surface area contributed by atoms with E-state index >= 15 is 0 Å². The molecule has 1 atom stereocenters. The van der Waals surface area contributed by atoms with Crippen molar-refractivity contribution in [2.75, 3.05) is 31.1 Å². The Morgan fingerprint density at radius 1 is 1.30 bits per heavy atom. The minimum absolute atomic E-state index is 0.259. The van der Waals surface area contributed by atoms with Crippen molar-refractivity contribution in [1.82, 2.24) is 9.88 Å². The van der Waals surface area contributed by atoms with Crippen LogP contribution in [0.3, 0.4) is 0 Å². The molecule has 1 aromatic rings. The molecule has 1 aromatic heterocycles. The molecule has 2 aliphatic rings. The monoisotopic (exact) mass is 276 g/mol. The molecule has 3 rings (SSSR count). The lowest BCUT2D eigenvalue weighted by atomic mass is 9.90. The number of rotatable bonds is 1. The summed E-state index contributed by atoms with van der Waals surface area (Å²) in [5.74, 6) is 0.962. The Morgan fingerprint density at radius 3 is 2.75 bits per heavy atom. The predicted octanol–water partition coefficient (Wildman–Crippen LogP) is 0.698. The highest BCUT2D eigenvalue weighted by Gasteiger charge is 2.23. The fourth-order valence-corrected chi connectivity index (χ4v) is 2.95. The summed E-state index contributed by atoms with van der Waals surface area (Å²) in [6.45, 7) is 2.49. The number of piperazine rings is 1. The van der Waals surface area contributed by atoms with E-state index in [4.69, 9.17) is 10.8 Å². The minimum atomic E-state index is -0.836. The summed E-state index contributed by atoms with van der Waals surface area (Å²) >= 11 is 0. The van der Waals surface area contributed by atoms with Gasteiger partial charge >= 0.3 is 6.09 Å². The van der Waals surface area contributed by atoms with Crippen LogP contribution in [0.1, 0.15) is 17.5 Å². The molecule has 1 aliphatic carbocycles. The molecule has 1 unspecified atom stereocenters. The van der Waals surface area contributed by atoms with Crippen molar-refractivity contribution in [3.8, 4) is 0 Å². The Kier molecular flexibility index (Phi) is 3.48. The number of anilines is 1. The summed E-state index contributed by atoms with van der Waals surface area (Å²) in [5, 5.41) is 8.96. The molecule has 0 spiro atoms. The molecule has 3 N–H and O–H groups in total. The number of carbonyl (C=O) groups is 1. The van der Waals surface area contributed by atoms with E-state index in [1.54, 1.807) is 0 Å². The Hall–Kier alpha value is -1.82. The maximum atomic E-state index is 10.9. The Balaban J connectivity index is 1.71. The van der Waals surface area contributed by atoms with E-state index < -0.39 is 6.09 Å². The van der Waals surface area contributed by atoms with Crippen LogP contribution in [-0.2, 0) is 12.8 Å². The molecular formula is C14H20N4O2. The van der Waals surface area contributed by atoms with Crippen LogP contribution < -0.4 is 10.6 Å². The van der Waals surface area contributed by atoms with Crippen LogP contribution in [0.2, 0.25) is 0 Å². The van der Waals surface area contributed by atoms with Crippen LogP contribution in [0.4, 0.5) is 10.6 Å². The largest absolute Gasteiger partial charge is 0.465 e. The lowest BCUT2D eigenvalue weighted by Gasteiger charge is -2.34. The first-order valence-corrected chi connectivity index (χ1v) is 7.09. The molecule has 108 valence electrons. The maximum absolute atomic E-state index is 10.9. The number of amides is 1. The van der Waals surface area contributed by atoms with Crippen LogP contribution in [-0.4, -0.2) is 53.3 Å². The van der Waals surface area contributed by atoms with Gasteiger partial charge in [-0.05, 0) is 36.5 Å². The van der Waals surface area contributed by atoms with Gasteiger partial charge in [0.15, 0.2) is 0 Å². The smallest absolute Gasteiger partial charge is 0.407 e. The summed E-state index contributed by atoms with van der Waals surface area (Å²) in [5.41, 5.74) is 8.58. The Bertz CT molecular complexity index is 512. The average molecular weight is 276 g/mol. The lowest BCUT2D eigenvalue weighted by molar-refractivity contribution is 0.142. The van der Waals surface area contributed by atoms with E-state index in [-0.39, 0.29) is 6.04 Å². The van der Waals surface area contributed by atoms with Gasteiger partial charge in [-0.1, -0.05) is 0 Å². The van der Waals surface area contributed by atoms with E-state index in [1.807, 2.05) is 6.20 Å². The normalized spacial score (nSPS) is 22.6. The highest BCUT2D eigenvalue weighted by atomic mass is 16.4. The van der Waals surface area contributed by atoms with Crippen molar-refractivity contribution in [2.45, 2.75) is 25.3 Å². The van der Waals surface area contributed by atoms with E-state index in [0.29, 0.717) is 26.2 Å². The quantitative estimate of drug-likeness (QED) is 0.789. The van der Waals surface area contributed by atoms with Gasteiger partial charge in [0.2, 0.25) is 0 Å². The van der Waals surface area contributed by atoms with Crippen molar-refractivity contribution in [3.63, 3.8) is 0 Å². The molecule has 6 heteroatoms. The summed E-state index contributed by atoms with van der Waals surface area (Å²) in [6.07, 6.45) is 4.06. The topological polar surface area (TPSA) is 82.7 Å². The van der Waals surface area contributed by atoms with Crippen LogP contribution in [0, 0.1) is 0 Å². The predicted molar refractivity (Wildman–Crippen MR) is 76.0 cm³/mol. The van der Waals surface area contributed by atoms with Crippen LogP contribution in [0.25, 0.3) is 0 Å². The number of carboxylic acid groups (broad SMARTS) is 1. The summed E-state index contributed by atoms with van der Waals surface area (Å²) < 4.78 is 0. The number of nitrogens with zero attached hydrogens (tertiary/aromatic N) is 3. The van der Waals surface area contributed by atoms with Gasteiger partial charge in [-0.3, -0.25) is 0 Å². The van der Waals surface area contributed by atoms with Gasteiger partial charge in [0.25, 0.3) is 0 Å². The van der Waals surface area contributed by atoms with E-state index in [2.05, 4.69) is 16.0 Å². The molecule has 0 bridgehead atoms. The molecule has 6 nitrogen and oxygen atoms in total. The summed E-state index contributed by atoms with van der Waals surface area (Å²) in [7, 11) is 0. The maximum Gasteiger partial charge on any atom is 0.407 e. The molecule has 1 amide bonds. The zero-order valence-electron chi connectivity index (χ0n) is 11.5. The SMILES string of the molecule is NC1CCc2cc(N3CCN(C(=O)O)CC3)ncc2C1. The average Bonchev–Trinajstić information content (AvgIpc) is 2.47. The second-order valence-corrected chi connectivity index (χ2v) is 5.57. The summed E-state index contributed by atoms with van der Waals surface area (Å²) in [6, 6.07) is 2.41. The third kappa shape index (κ3) is 2.56. The molecule has 2 heterocycles. The zero-order chi connectivity index (χ0) is 14.1. The molecule has 0 saturated carbocycles. The van der Waals surface area contributed by atoms with Crippen LogP contribution >= 0.6 is 0 Å². The van der Waals surface area contributed by atoms with Gasteiger partial charge in [-0.25, -0.2) is 9.78 Å². The number of pyridine rings is 1. The second kappa shape index (κ2) is 5.28. The fraction of sp³-hybridized carbons (Fsp3) is 0.571. The molecular weight excluding hydrogens is 256 g/mol. The molecule has 20 heavy (non-hydrogen) atoms. The highest BCUT2D eigenvalue weighted by molar-refractivity contribution is 5.65. The minimum Gasteiger partial charge on any atom is -0.465 e. The number of nitrogens with two attached hydrogens (primary N) is 1. The van der Waals surface area contributed by atoms with Crippen LogP contribution in [0.5, 0.6) is 0 Å². The molecule has 1 saturated heterocycles. The van der Waals surface area contributed by atoms with Gasteiger partial charge in [0.05, 0.1) is 0 Å². The van der Waals surface area contributed by atoms with Crippen molar-refractivity contribution in [3.05, 3.63) is 23.4 Å². The van der Waals surface area contributed by atoms with Crippen molar-refractivity contribution < 1.29 is 9.90 Å². The van der Waals surface area contributed by atoms with Crippen molar-refractivity contribution in [1.29, 1.82) is 0 Å².